The van der Waals surface area contributed by atoms with Crippen molar-refractivity contribution in [2.24, 2.45) is 0 Å². The highest BCUT2D eigenvalue weighted by Crippen LogP contribution is 2.24. The Bertz CT molecular complexity index is 678. The van der Waals surface area contributed by atoms with Gasteiger partial charge in [0.1, 0.15) is 5.69 Å². The van der Waals surface area contributed by atoms with Gasteiger partial charge in [-0.25, -0.2) is 13.5 Å². The molecule has 0 unspecified atom stereocenters. The molecule has 0 aliphatic carbocycles. The summed E-state index contributed by atoms with van der Waals surface area (Å²) in [6, 6.07) is 2.28. The Morgan fingerprint density at radius 2 is 2.05 bits per heavy atom. The number of nitrogens with one attached hydrogen (secondary N) is 2. The summed E-state index contributed by atoms with van der Waals surface area (Å²) in [5, 5.41) is 12.8. The molecule has 1 amide bonds. The molecule has 110 valence electrons. The van der Waals surface area contributed by atoms with Crippen LogP contribution in [0.2, 0.25) is 0 Å². The van der Waals surface area contributed by atoms with E-state index in [-0.39, 0.29) is 16.2 Å². The second-order valence-electron chi connectivity index (χ2n) is 4.59. The Balaban J connectivity index is 1.78. The lowest BCUT2D eigenvalue weighted by Gasteiger charge is -2.26. The lowest BCUT2D eigenvalue weighted by atomic mass is 10.2. The second-order valence-corrected chi connectivity index (χ2v) is 5.51. The van der Waals surface area contributed by atoms with Gasteiger partial charge in [-0.05, 0) is 12.1 Å². The molecule has 2 heterocycles. The minimum atomic E-state index is -0.870. The van der Waals surface area contributed by atoms with Crippen molar-refractivity contribution < 1.29 is 13.6 Å². The number of rotatable bonds is 3. The molecule has 1 fully saturated rings. The zero-order valence-corrected chi connectivity index (χ0v) is 12.2. The van der Waals surface area contributed by atoms with E-state index in [1.807, 2.05) is 0 Å². The lowest BCUT2D eigenvalue weighted by Crippen LogP contribution is -2.43. The van der Waals surface area contributed by atoms with Gasteiger partial charge in [0.15, 0.2) is 17.3 Å². The standard InChI is InChI=1S/C12H10BrF2N5O/c13-6-1-8(14)11(9(15)2-6)17-12(21)10-5-20(19-18-10)7-3-16-4-7/h1-2,5,7,16H,3-4H2,(H,17,21). The number of amides is 1. The maximum Gasteiger partial charge on any atom is 0.277 e. The third kappa shape index (κ3) is 2.79. The first-order chi connectivity index (χ1) is 10.0. The van der Waals surface area contributed by atoms with Gasteiger partial charge in [0.05, 0.1) is 12.2 Å². The van der Waals surface area contributed by atoms with E-state index in [9.17, 15) is 13.6 Å². The molecular formula is C12H10BrF2N5O. The largest absolute Gasteiger partial charge is 0.316 e. The van der Waals surface area contributed by atoms with Crippen LogP contribution in [-0.4, -0.2) is 34.0 Å². The van der Waals surface area contributed by atoms with Crippen molar-refractivity contribution in [2.45, 2.75) is 6.04 Å². The van der Waals surface area contributed by atoms with Crippen molar-refractivity contribution in [3.05, 3.63) is 40.1 Å². The summed E-state index contributed by atoms with van der Waals surface area (Å²) in [5.41, 5.74) is -0.508. The molecule has 0 bridgehead atoms. The van der Waals surface area contributed by atoms with Gasteiger partial charge >= 0.3 is 0 Å². The number of benzene rings is 1. The number of aromatic nitrogens is 3. The van der Waals surface area contributed by atoms with Gasteiger partial charge in [-0.2, -0.15) is 0 Å². The quantitative estimate of drug-likeness (QED) is 0.877. The van der Waals surface area contributed by atoms with E-state index in [1.165, 1.54) is 6.20 Å². The molecule has 2 N–H and O–H groups in total. The molecule has 1 aromatic carbocycles. The van der Waals surface area contributed by atoms with Gasteiger partial charge in [0.2, 0.25) is 0 Å². The molecule has 2 aromatic rings. The molecule has 1 aliphatic heterocycles. The first kappa shape index (κ1) is 14.1. The maximum atomic E-state index is 13.7. The van der Waals surface area contributed by atoms with Crippen LogP contribution in [0.5, 0.6) is 0 Å². The van der Waals surface area contributed by atoms with Crippen LogP contribution in [0.3, 0.4) is 0 Å². The fraction of sp³-hybridized carbons (Fsp3) is 0.250. The summed E-state index contributed by atoms with van der Waals surface area (Å²) < 4.78 is 29.1. The van der Waals surface area contributed by atoms with Gasteiger partial charge < -0.3 is 10.6 Å². The Labute approximate surface area is 126 Å². The van der Waals surface area contributed by atoms with Crippen molar-refractivity contribution in [3.8, 4) is 0 Å². The van der Waals surface area contributed by atoms with Crippen LogP contribution >= 0.6 is 15.9 Å². The predicted octanol–water partition coefficient (Wildman–Crippen LogP) is 1.72. The molecule has 3 rings (SSSR count). The highest BCUT2D eigenvalue weighted by molar-refractivity contribution is 9.10. The Morgan fingerprint density at radius 1 is 1.38 bits per heavy atom. The Hall–Kier alpha value is -1.87. The number of carbonyl (C=O) groups excluding carboxylic acids is 1. The molecular weight excluding hydrogens is 348 g/mol. The number of hydrogen-bond donors (Lipinski definition) is 2. The van der Waals surface area contributed by atoms with Crippen molar-refractivity contribution in [3.63, 3.8) is 0 Å². The van der Waals surface area contributed by atoms with Crippen LogP contribution in [0.25, 0.3) is 0 Å². The van der Waals surface area contributed by atoms with E-state index in [0.717, 1.165) is 25.2 Å². The molecule has 0 radical (unpaired) electrons. The summed E-state index contributed by atoms with van der Waals surface area (Å²) in [6.07, 6.45) is 1.45. The van der Waals surface area contributed by atoms with Gasteiger partial charge in [0.25, 0.3) is 5.91 Å². The number of carbonyl (C=O) groups is 1. The summed E-state index contributed by atoms with van der Waals surface area (Å²) in [4.78, 5) is 12.0. The maximum absolute atomic E-state index is 13.7. The van der Waals surface area contributed by atoms with Gasteiger partial charge in [-0.15, -0.1) is 5.10 Å². The monoisotopic (exact) mass is 357 g/mol. The topological polar surface area (TPSA) is 71.8 Å². The normalized spacial score (nSPS) is 14.8. The van der Waals surface area contributed by atoms with Crippen molar-refractivity contribution in [1.29, 1.82) is 0 Å². The molecule has 1 saturated heterocycles. The highest BCUT2D eigenvalue weighted by atomic mass is 79.9. The van der Waals surface area contributed by atoms with Gasteiger partial charge in [0, 0.05) is 17.6 Å². The summed E-state index contributed by atoms with van der Waals surface area (Å²) >= 11 is 2.97. The van der Waals surface area contributed by atoms with Crippen molar-refractivity contribution in [2.75, 3.05) is 18.4 Å². The predicted molar refractivity (Wildman–Crippen MR) is 73.9 cm³/mol. The fourth-order valence-corrected chi connectivity index (χ4v) is 2.26. The van der Waals surface area contributed by atoms with Crippen LogP contribution < -0.4 is 10.6 Å². The average Bonchev–Trinajstić information content (AvgIpc) is 2.80. The van der Waals surface area contributed by atoms with Crippen LogP contribution in [-0.2, 0) is 0 Å². The first-order valence-corrected chi connectivity index (χ1v) is 6.92. The molecule has 1 aromatic heterocycles. The lowest BCUT2D eigenvalue weighted by molar-refractivity contribution is 0.102. The van der Waals surface area contributed by atoms with Gasteiger partial charge in [-0.3, -0.25) is 4.79 Å². The number of anilines is 1. The Kier molecular flexibility index (Phi) is 3.68. The molecule has 6 nitrogen and oxygen atoms in total. The minimum Gasteiger partial charge on any atom is -0.316 e. The molecule has 0 saturated carbocycles. The fourth-order valence-electron chi connectivity index (χ4n) is 1.86. The second kappa shape index (κ2) is 5.49. The van der Waals surface area contributed by atoms with E-state index in [0.29, 0.717) is 0 Å². The number of halogens is 3. The van der Waals surface area contributed by atoms with E-state index in [1.54, 1.807) is 4.68 Å². The van der Waals surface area contributed by atoms with E-state index in [4.69, 9.17) is 0 Å². The van der Waals surface area contributed by atoms with Crippen molar-refractivity contribution >= 4 is 27.5 Å². The molecule has 0 atom stereocenters. The van der Waals surface area contributed by atoms with E-state index < -0.39 is 23.2 Å². The zero-order chi connectivity index (χ0) is 15.0. The molecule has 9 heteroatoms. The summed E-state index contributed by atoms with van der Waals surface area (Å²) in [6.45, 7) is 1.50. The van der Waals surface area contributed by atoms with E-state index in [2.05, 4.69) is 36.9 Å². The van der Waals surface area contributed by atoms with E-state index >= 15 is 0 Å². The molecule has 0 spiro atoms. The van der Waals surface area contributed by atoms with Crippen LogP contribution in [0.4, 0.5) is 14.5 Å². The highest BCUT2D eigenvalue weighted by Gasteiger charge is 2.22. The zero-order valence-electron chi connectivity index (χ0n) is 10.6. The first-order valence-electron chi connectivity index (χ1n) is 6.13. The number of nitrogens with zero attached hydrogens (tertiary/aromatic N) is 3. The van der Waals surface area contributed by atoms with Crippen LogP contribution in [0.1, 0.15) is 16.5 Å². The smallest absolute Gasteiger partial charge is 0.277 e. The van der Waals surface area contributed by atoms with Gasteiger partial charge in [-0.1, -0.05) is 21.1 Å². The van der Waals surface area contributed by atoms with Crippen LogP contribution in [0, 0.1) is 11.6 Å². The average molecular weight is 358 g/mol. The molecule has 1 aliphatic rings. The number of hydrogen-bond acceptors (Lipinski definition) is 4. The minimum absolute atomic E-state index is 0.00335. The summed E-state index contributed by atoms with van der Waals surface area (Å²) in [5.74, 6) is -2.45. The van der Waals surface area contributed by atoms with Crippen molar-refractivity contribution in [1.82, 2.24) is 20.3 Å². The third-order valence-corrected chi connectivity index (χ3v) is 3.58. The Morgan fingerprint density at radius 3 is 2.62 bits per heavy atom. The molecule has 21 heavy (non-hydrogen) atoms. The SMILES string of the molecule is O=C(Nc1c(F)cc(Br)cc1F)c1cn(C2CNC2)nn1. The summed E-state index contributed by atoms with van der Waals surface area (Å²) in [7, 11) is 0. The third-order valence-electron chi connectivity index (χ3n) is 3.12. The van der Waals surface area contributed by atoms with Crippen LogP contribution in [0.15, 0.2) is 22.8 Å².